The fourth-order valence-electron chi connectivity index (χ4n) is 1.10. The zero-order chi connectivity index (χ0) is 9.40. The predicted molar refractivity (Wildman–Crippen MR) is 49.8 cm³/mol. The Balaban J connectivity index is 3.40. The molecule has 0 bridgehead atoms. The van der Waals surface area contributed by atoms with Crippen LogP contribution in [0, 0.1) is 5.92 Å². The molecule has 2 heteroatoms. The molecule has 0 aromatic heterocycles. The van der Waals surface area contributed by atoms with Gasteiger partial charge in [-0.3, -0.25) is 4.79 Å². The van der Waals surface area contributed by atoms with Crippen molar-refractivity contribution in [1.82, 2.24) is 0 Å². The van der Waals surface area contributed by atoms with E-state index in [1.165, 1.54) is 7.11 Å². The summed E-state index contributed by atoms with van der Waals surface area (Å²) in [6.45, 7) is 5.86. The Hall–Kier alpha value is -0.790. The van der Waals surface area contributed by atoms with Gasteiger partial charge in [-0.05, 0) is 25.2 Å². The SMILES string of the molecule is C=C[C@@H](CC)CCCC(=O)OC. The summed E-state index contributed by atoms with van der Waals surface area (Å²) in [4.78, 5) is 10.7. The van der Waals surface area contributed by atoms with Gasteiger partial charge in [-0.2, -0.15) is 0 Å². The van der Waals surface area contributed by atoms with Crippen LogP contribution in [-0.2, 0) is 9.53 Å². The fraction of sp³-hybridized carbons (Fsp3) is 0.700. The summed E-state index contributed by atoms with van der Waals surface area (Å²) in [6.07, 6.45) is 5.52. The van der Waals surface area contributed by atoms with Gasteiger partial charge < -0.3 is 4.74 Å². The van der Waals surface area contributed by atoms with Gasteiger partial charge in [0, 0.05) is 6.42 Å². The molecule has 0 aromatic carbocycles. The van der Waals surface area contributed by atoms with Crippen molar-refractivity contribution >= 4 is 5.97 Å². The van der Waals surface area contributed by atoms with Gasteiger partial charge in [-0.15, -0.1) is 6.58 Å². The average Bonchev–Trinajstić information content (AvgIpc) is 2.12. The van der Waals surface area contributed by atoms with Crippen LogP contribution < -0.4 is 0 Å². The lowest BCUT2D eigenvalue weighted by molar-refractivity contribution is -0.140. The van der Waals surface area contributed by atoms with Crippen molar-refractivity contribution in [2.45, 2.75) is 32.6 Å². The minimum Gasteiger partial charge on any atom is -0.469 e. The number of rotatable bonds is 6. The number of carbonyl (C=O) groups is 1. The lowest BCUT2D eigenvalue weighted by Gasteiger charge is -2.07. The van der Waals surface area contributed by atoms with E-state index in [0.29, 0.717) is 12.3 Å². The summed E-state index contributed by atoms with van der Waals surface area (Å²) in [5.41, 5.74) is 0. The normalized spacial score (nSPS) is 12.2. The molecule has 0 N–H and O–H groups in total. The van der Waals surface area contributed by atoms with Crippen LogP contribution in [0.2, 0.25) is 0 Å². The molecule has 0 saturated carbocycles. The summed E-state index contributed by atoms with van der Waals surface area (Å²) in [5, 5.41) is 0. The average molecular weight is 170 g/mol. The number of ether oxygens (including phenoxy) is 1. The highest BCUT2D eigenvalue weighted by atomic mass is 16.5. The highest BCUT2D eigenvalue weighted by Gasteiger charge is 2.03. The number of hydrogen-bond donors (Lipinski definition) is 0. The summed E-state index contributed by atoms with van der Waals surface area (Å²) < 4.78 is 4.53. The summed E-state index contributed by atoms with van der Waals surface area (Å²) in [6, 6.07) is 0. The van der Waals surface area contributed by atoms with Crippen molar-refractivity contribution in [3.63, 3.8) is 0 Å². The molecule has 12 heavy (non-hydrogen) atoms. The van der Waals surface area contributed by atoms with Crippen LogP contribution in [0.3, 0.4) is 0 Å². The maximum Gasteiger partial charge on any atom is 0.305 e. The first kappa shape index (κ1) is 11.2. The van der Waals surface area contributed by atoms with E-state index in [0.717, 1.165) is 19.3 Å². The number of allylic oxidation sites excluding steroid dienone is 1. The number of hydrogen-bond acceptors (Lipinski definition) is 2. The van der Waals surface area contributed by atoms with E-state index in [4.69, 9.17) is 0 Å². The van der Waals surface area contributed by atoms with E-state index in [1.54, 1.807) is 0 Å². The van der Waals surface area contributed by atoms with Gasteiger partial charge in [0.1, 0.15) is 0 Å². The molecule has 0 aromatic rings. The van der Waals surface area contributed by atoms with Crippen molar-refractivity contribution in [2.24, 2.45) is 5.92 Å². The molecule has 70 valence electrons. The highest BCUT2D eigenvalue weighted by Crippen LogP contribution is 2.13. The number of esters is 1. The van der Waals surface area contributed by atoms with Crippen LogP contribution in [0.5, 0.6) is 0 Å². The summed E-state index contributed by atoms with van der Waals surface area (Å²) in [7, 11) is 1.42. The molecule has 0 radical (unpaired) electrons. The molecule has 0 unspecified atom stereocenters. The summed E-state index contributed by atoms with van der Waals surface area (Å²) in [5.74, 6) is 0.434. The predicted octanol–water partition coefficient (Wildman–Crippen LogP) is 2.54. The molecule has 1 atom stereocenters. The van der Waals surface area contributed by atoms with E-state index in [1.807, 2.05) is 6.08 Å². The van der Waals surface area contributed by atoms with Gasteiger partial charge in [0.2, 0.25) is 0 Å². The largest absolute Gasteiger partial charge is 0.469 e. The Morgan fingerprint density at radius 2 is 2.33 bits per heavy atom. The third kappa shape index (κ3) is 4.94. The minimum absolute atomic E-state index is 0.117. The Labute approximate surface area is 74.6 Å². The van der Waals surface area contributed by atoms with Crippen molar-refractivity contribution in [3.05, 3.63) is 12.7 Å². The van der Waals surface area contributed by atoms with Crippen LogP contribution in [-0.4, -0.2) is 13.1 Å². The van der Waals surface area contributed by atoms with Gasteiger partial charge in [-0.1, -0.05) is 13.0 Å². The van der Waals surface area contributed by atoms with E-state index >= 15 is 0 Å². The van der Waals surface area contributed by atoms with Crippen LogP contribution in [0.4, 0.5) is 0 Å². The molecule has 0 aliphatic rings. The van der Waals surface area contributed by atoms with Crippen molar-refractivity contribution in [3.8, 4) is 0 Å². The van der Waals surface area contributed by atoms with Crippen LogP contribution in [0.25, 0.3) is 0 Å². The topological polar surface area (TPSA) is 26.3 Å². The van der Waals surface area contributed by atoms with Gasteiger partial charge >= 0.3 is 5.97 Å². The zero-order valence-corrected chi connectivity index (χ0v) is 8.01. The third-order valence-corrected chi connectivity index (χ3v) is 2.04. The molecule has 0 aliphatic heterocycles. The van der Waals surface area contributed by atoms with Crippen molar-refractivity contribution in [1.29, 1.82) is 0 Å². The number of methoxy groups -OCH3 is 1. The molecule has 0 rings (SSSR count). The lowest BCUT2D eigenvalue weighted by atomic mass is 10.00. The van der Waals surface area contributed by atoms with E-state index < -0.39 is 0 Å². The molecular formula is C10H18O2. The van der Waals surface area contributed by atoms with E-state index in [9.17, 15) is 4.79 Å². The maximum absolute atomic E-state index is 10.7. The standard InChI is InChI=1S/C10H18O2/c1-4-9(5-2)7-6-8-10(11)12-3/h4,9H,1,5-8H2,2-3H3/t9-/m0/s1. The second-order valence-electron chi connectivity index (χ2n) is 2.87. The Bertz CT molecular complexity index is 141. The minimum atomic E-state index is -0.117. The molecule has 0 heterocycles. The highest BCUT2D eigenvalue weighted by molar-refractivity contribution is 5.68. The maximum atomic E-state index is 10.7. The Morgan fingerprint density at radius 1 is 1.67 bits per heavy atom. The van der Waals surface area contributed by atoms with E-state index in [2.05, 4.69) is 18.2 Å². The van der Waals surface area contributed by atoms with Gasteiger partial charge in [0.05, 0.1) is 7.11 Å². The fourth-order valence-corrected chi connectivity index (χ4v) is 1.10. The van der Waals surface area contributed by atoms with Crippen molar-refractivity contribution < 1.29 is 9.53 Å². The number of carbonyl (C=O) groups excluding carboxylic acids is 1. The van der Waals surface area contributed by atoms with Crippen LogP contribution >= 0.6 is 0 Å². The van der Waals surface area contributed by atoms with Gasteiger partial charge in [-0.25, -0.2) is 0 Å². The van der Waals surface area contributed by atoms with Gasteiger partial charge in [0.25, 0.3) is 0 Å². The molecule has 0 spiro atoms. The Kier molecular flexibility index (Phi) is 6.44. The first-order valence-corrected chi connectivity index (χ1v) is 4.44. The lowest BCUT2D eigenvalue weighted by Crippen LogP contribution is -2.01. The van der Waals surface area contributed by atoms with E-state index in [-0.39, 0.29) is 5.97 Å². The first-order chi connectivity index (χ1) is 5.74. The molecule has 2 nitrogen and oxygen atoms in total. The quantitative estimate of drug-likeness (QED) is 0.452. The Morgan fingerprint density at radius 3 is 2.75 bits per heavy atom. The first-order valence-electron chi connectivity index (χ1n) is 4.44. The molecule has 0 aliphatic carbocycles. The smallest absolute Gasteiger partial charge is 0.305 e. The zero-order valence-electron chi connectivity index (χ0n) is 8.01. The second kappa shape index (κ2) is 6.89. The third-order valence-electron chi connectivity index (χ3n) is 2.04. The molecule has 0 amide bonds. The van der Waals surface area contributed by atoms with Crippen molar-refractivity contribution in [2.75, 3.05) is 7.11 Å². The van der Waals surface area contributed by atoms with Crippen LogP contribution in [0.15, 0.2) is 12.7 Å². The second-order valence-corrected chi connectivity index (χ2v) is 2.87. The summed E-state index contributed by atoms with van der Waals surface area (Å²) >= 11 is 0. The molecule has 0 fully saturated rings. The van der Waals surface area contributed by atoms with Gasteiger partial charge in [0.15, 0.2) is 0 Å². The molecule has 0 saturated heterocycles. The van der Waals surface area contributed by atoms with Crippen LogP contribution in [0.1, 0.15) is 32.6 Å². The monoisotopic (exact) mass is 170 g/mol. The molecular weight excluding hydrogens is 152 g/mol.